The Labute approximate surface area is 142 Å². The number of alkyl carbamates (subject to hydrolysis) is 1. The highest BCUT2D eigenvalue weighted by molar-refractivity contribution is 7.10. The van der Waals surface area contributed by atoms with E-state index in [0.717, 1.165) is 28.2 Å². The molecule has 1 aliphatic carbocycles. The van der Waals surface area contributed by atoms with Crippen molar-refractivity contribution < 1.29 is 23.9 Å². The first-order chi connectivity index (χ1) is 11.5. The van der Waals surface area contributed by atoms with E-state index in [9.17, 15) is 19.2 Å². The summed E-state index contributed by atoms with van der Waals surface area (Å²) in [6, 6.07) is 1.22. The SMILES string of the molecule is CCOC(=O)NC(=O)CN1C(=O)N[C@]2(CCCc3sccc32)C1=O. The first kappa shape index (κ1) is 16.4. The summed E-state index contributed by atoms with van der Waals surface area (Å²) in [5.41, 5.74) is -0.278. The number of carbonyl (C=O) groups excluding carboxylic acids is 4. The predicted molar refractivity (Wildman–Crippen MR) is 84.3 cm³/mol. The van der Waals surface area contributed by atoms with Gasteiger partial charge in [-0.25, -0.2) is 9.59 Å². The van der Waals surface area contributed by atoms with Crippen LogP contribution in [0.3, 0.4) is 0 Å². The number of thiophene rings is 1. The van der Waals surface area contributed by atoms with Gasteiger partial charge in [-0.3, -0.25) is 19.8 Å². The molecule has 1 spiro atoms. The molecule has 128 valence electrons. The van der Waals surface area contributed by atoms with Crippen molar-refractivity contribution in [2.75, 3.05) is 13.2 Å². The van der Waals surface area contributed by atoms with E-state index in [0.29, 0.717) is 6.42 Å². The van der Waals surface area contributed by atoms with Crippen LogP contribution in [0.25, 0.3) is 0 Å². The Hall–Kier alpha value is -2.42. The first-order valence-electron chi connectivity index (χ1n) is 7.65. The zero-order valence-corrected chi connectivity index (χ0v) is 13.9. The van der Waals surface area contributed by atoms with E-state index in [1.54, 1.807) is 18.3 Å². The molecule has 3 rings (SSSR count). The molecule has 1 atom stereocenters. The molecule has 8 nitrogen and oxygen atoms in total. The fraction of sp³-hybridized carbons (Fsp3) is 0.467. The maximum atomic E-state index is 12.9. The van der Waals surface area contributed by atoms with Gasteiger partial charge in [0.2, 0.25) is 5.91 Å². The number of nitrogens with one attached hydrogen (secondary N) is 2. The van der Waals surface area contributed by atoms with Crippen LogP contribution in [0.1, 0.15) is 30.2 Å². The Morgan fingerprint density at radius 2 is 2.25 bits per heavy atom. The fourth-order valence-corrected chi connectivity index (χ4v) is 4.15. The van der Waals surface area contributed by atoms with E-state index < -0.39 is 36.0 Å². The summed E-state index contributed by atoms with van der Waals surface area (Å²) in [6.45, 7) is 1.20. The highest BCUT2D eigenvalue weighted by Crippen LogP contribution is 2.41. The van der Waals surface area contributed by atoms with Crippen molar-refractivity contribution in [2.45, 2.75) is 31.7 Å². The van der Waals surface area contributed by atoms with Crippen LogP contribution in [-0.4, -0.2) is 42.0 Å². The van der Waals surface area contributed by atoms with Crippen molar-refractivity contribution in [3.8, 4) is 0 Å². The van der Waals surface area contributed by atoms with Crippen molar-refractivity contribution in [1.29, 1.82) is 0 Å². The molecule has 1 aromatic rings. The second-order valence-electron chi connectivity index (χ2n) is 5.61. The van der Waals surface area contributed by atoms with Crippen molar-refractivity contribution in [3.05, 3.63) is 21.9 Å². The largest absolute Gasteiger partial charge is 0.450 e. The van der Waals surface area contributed by atoms with Gasteiger partial charge in [0.25, 0.3) is 5.91 Å². The molecule has 1 aromatic heterocycles. The smallest absolute Gasteiger partial charge is 0.413 e. The van der Waals surface area contributed by atoms with Crippen LogP contribution in [0, 0.1) is 0 Å². The Bertz CT molecular complexity index is 716. The van der Waals surface area contributed by atoms with E-state index in [1.165, 1.54) is 0 Å². The summed E-state index contributed by atoms with van der Waals surface area (Å²) < 4.78 is 4.60. The number of ether oxygens (including phenoxy) is 1. The predicted octanol–water partition coefficient (Wildman–Crippen LogP) is 1.10. The summed E-state index contributed by atoms with van der Waals surface area (Å²) in [7, 11) is 0. The summed E-state index contributed by atoms with van der Waals surface area (Å²) >= 11 is 1.56. The Kier molecular flexibility index (Phi) is 4.27. The molecule has 0 saturated carbocycles. The molecule has 24 heavy (non-hydrogen) atoms. The minimum absolute atomic E-state index is 0.117. The molecule has 1 saturated heterocycles. The van der Waals surface area contributed by atoms with Gasteiger partial charge in [0, 0.05) is 10.4 Å². The molecule has 1 aliphatic heterocycles. The number of hydrogen-bond donors (Lipinski definition) is 2. The van der Waals surface area contributed by atoms with Crippen molar-refractivity contribution in [2.24, 2.45) is 0 Å². The minimum Gasteiger partial charge on any atom is -0.450 e. The van der Waals surface area contributed by atoms with Gasteiger partial charge < -0.3 is 10.1 Å². The second-order valence-corrected chi connectivity index (χ2v) is 6.61. The average Bonchev–Trinajstić information content (AvgIpc) is 3.09. The summed E-state index contributed by atoms with van der Waals surface area (Å²) in [5, 5.41) is 6.62. The van der Waals surface area contributed by atoms with E-state index in [1.807, 2.05) is 16.8 Å². The maximum Gasteiger partial charge on any atom is 0.413 e. The molecule has 0 aromatic carbocycles. The van der Waals surface area contributed by atoms with E-state index in [4.69, 9.17) is 0 Å². The molecule has 0 radical (unpaired) electrons. The molecule has 1 fully saturated rings. The summed E-state index contributed by atoms with van der Waals surface area (Å²) in [5.74, 6) is -1.22. The van der Waals surface area contributed by atoms with Crippen LogP contribution < -0.4 is 10.6 Å². The topological polar surface area (TPSA) is 105 Å². The fourth-order valence-electron chi connectivity index (χ4n) is 3.15. The van der Waals surface area contributed by atoms with Crippen LogP contribution in [0.2, 0.25) is 0 Å². The second kappa shape index (κ2) is 6.23. The lowest BCUT2D eigenvalue weighted by Gasteiger charge is -2.31. The van der Waals surface area contributed by atoms with E-state index in [2.05, 4.69) is 10.1 Å². The van der Waals surface area contributed by atoms with Gasteiger partial charge in [-0.15, -0.1) is 11.3 Å². The summed E-state index contributed by atoms with van der Waals surface area (Å²) in [6.07, 6.45) is 1.25. The molecule has 5 amide bonds. The van der Waals surface area contributed by atoms with Crippen molar-refractivity contribution in [3.63, 3.8) is 0 Å². The molecular weight excluding hydrogens is 334 g/mol. The van der Waals surface area contributed by atoms with Crippen LogP contribution in [0.5, 0.6) is 0 Å². The molecular formula is C15H17N3O5S. The number of carbonyl (C=O) groups is 4. The third kappa shape index (κ3) is 2.64. The monoisotopic (exact) mass is 351 g/mol. The summed E-state index contributed by atoms with van der Waals surface area (Å²) in [4.78, 5) is 50.1. The molecule has 2 heterocycles. The van der Waals surface area contributed by atoms with Crippen LogP contribution in [0.15, 0.2) is 11.4 Å². The quantitative estimate of drug-likeness (QED) is 0.794. The first-order valence-corrected chi connectivity index (χ1v) is 8.53. The lowest BCUT2D eigenvalue weighted by Crippen LogP contribution is -2.47. The van der Waals surface area contributed by atoms with Gasteiger partial charge in [0.1, 0.15) is 12.1 Å². The number of nitrogens with zero attached hydrogens (tertiary/aromatic N) is 1. The zero-order chi connectivity index (χ0) is 17.3. The minimum atomic E-state index is -1.09. The number of amides is 5. The molecule has 2 aliphatic rings. The normalized spacial score (nSPS) is 22.3. The highest BCUT2D eigenvalue weighted by Gasteiger charge is 2.54. The van der Waals surface area contributed by atoms with Gasteiger partial charge in [-0.05, 0) is 37.6 Å². The van der Waals surface area contributed by atoms with Crippen LogP contribution in [0.4, 0.5) is 9.59 Å². The number of hydrogen-bond acceptors (Lipinski definition) is 6. The van der Waals surface area contributed by atoms with Gasteiger partial charge in [-0.2, -0.15) is 0 Å². The van der Waals surface area contributed by atoms with Gasteiger partial charge in [-0.1, -0.05) is 0 Å². The zero-order valence-electron chi connectivity index (χ0n) is 13.1. The van der Waals surface area contributed by atoms with Crippen molar-refractivity contribution in [1.82, 2.24) is 15.5 Å². The van der Waals surface area contributed by atoms with E-state index in [-0.39, 0.29) is 6.61 Å². The standard InChI is InChI=1S/C15H17N3O5S/c1-2-23-14(22)16-11(19)8-18-12(20)15(17-13(18)21)6-3-4-10-9(15)5-7-24-10/h5,7H,2-4,6,8H2,1H3,(H,17,21)(H,16,19,22)/t15-/m0/s1. The number of aryl methyl sites for hydroxylation is 1. The third-order valence-corrected chi connectivity index (χ3v) is 5.14. The maximum absolute atomic E-state index is 12.9. The molecule has 9 heteroatoms. The van der Waals surface area contributed by atoms with Crippen molar-refractivity contribution >= 4 is 35.3 Å². The number of imide groups is 2. The number of rotatable bonds is 3. The lowest BCUT2D eigenvalue weighted by atomic mass is 9.80. The van der Waals surface area contributed by atoms with Gasteiger partial charge in [0.15, 0.2) is 0 Å². The highest BCUT2D eigenvalue weighted by atomic mass is 32.1. The Morgan fingerprint density at radius 1 is 1.46 bits per heavy atom. The molecule has 0 unspecified atom stereocenters. The molecule has 2 N–H and O–H groups in total. The third-order valence-electron chi connectivity index (χ3n) is 4.16. The Balaban J connectivity index is 1.76. The van der Waals surface area contributed by atoms with Crippen LogP contribution in [-0.2, 0) is 26.3 Å². The molecule has 0 bridgehead atoms. The Morgan fingerprint density at radius 3 is 3.00 bits per heavy atom. The van der Waals surface area contributed by atoms with Gasteiger partial charge in [0.05, 0.1) is 6.61 Å². The van der Waals surface area contributed by atoms with E-state index >= 15 is 0 Å². The number of fused-ring (bicyclic) bond motifs is 2. The van der Waals surface area contributed by atoms with Gasteiger partial charge >= 0.3 is 12.1 Å². The number of urea groups is 1. The average molecular weight is 351 g/mol. The lowest BCUT2D eigenvalue weighted by molar-refractivity contribution is -0.135. The van der Waals surface area contributed by atoms with Crippen LogP contribution >= 0.6 is 11.3 Å².